The van der Waals surface area contributed by atoms with Crippen molar-refractivity contribution in [2.75, 3.05) is 0 Å². The highest BCUT2D eigenvalue weighted by molar-refractivity contribution is 9.10. The van der Waals surface area contributed by atoms with Gasteiger partial charge in [-0.25, -0.2) is 4.39 Å². The molecule has 1 aromatic heterocycles. The van der Waals surface area contributed by atoms with Gasteiger partial charge in [0.2, 0.25) is 0 Å². The number of aryl methyl sites for hydroxylation is 1. The first kappa shape index (κ1) is 13.2. The molecule has 0 radical (unpaired) electrons. The maximum absolute atomic E-state index is 12.8. The number of nitrogens with zero attached hydrogens (tertiary/aromatic N) is 2. The first-order valence-corrected chi connectivity index (χ1v) is 6.34. The Labute approximate surface area is 113 Å². The fourth-order valence-electron chi connectivity index (χ4n) is 2.10. The lowest BCUT2D eigenvalue weighted by atomic mass is 9.93. The molecule has 0 saturated heterocycles. The van der Waals surface area contributed by atoms with E-state index in [4.69, 9.17) is 0 Å². The number of halogens is 2. The molecule has 96 valence electrons. The molecule has 1 unspecified atom stereocenters. The van der Waals surface area contributed by atoms with Gasteiger partial charge >= 0.3 is 0 Å². The molecule has 3 nitrogen and oxygen atoms in total. The van der Waals surface area contributed by atoms with E-state index in [2.05, 4.69) is 21.0 Å². The van der Waals surface area contributed by atoms with Crippen molar-refractivity contribution in [3.05, 3.63) is 52.0 Å². The second kappa shape index (κ2) is 4.82. The van der Waals surface area contributed by atoms with E-state index in [1.165, 1.54) is 12.1 Å². The van der Waals surface area contributed by atoms with Gasteiger partial charge in [0.25, 0.3) is 0 Å². The summed E-state index contributed by atoms with van der Waals surface area (Å²) >= 11 is 3.37. The Hall–Kier alpha value is -1.20. The molecule has 1 atom stereocenters. The number of hydrogen-bond donors (Lipinski definition) is 1. The van der Waals surface area contributed by atoms with Gasteiger partial charge in [0.05, 0.1) is 16.4 Å². The quantitative estimate of drug-likeness (QED) is 0.946. The Bertz CT molecular complexity index is 529. The van der Waals surface area contributed by atoms with E-state index >= 15 is 0 Å². The Kier molecular flexibility index (Phi) is 3.54. The van der Waals surface area contributed by atoms with Crippen LogP contribution in [0.1, 0.15) is 18.2 Å². The van der Waals surface area contributed by atoms with E-state index < -0.39 is 5.60 Å². The number of rotatable bonds is 3. The van der Waals surface area contributed by atoms with Gasteiger partial charge in [0, 0.05) is 13.5 Å². The lowest BCUT2D eigenvalue weighted by Crippen LogP contribution is -2.27. The number of hydrogen-bond acceptors (Lipinski definition) is 2. The van der Waals surface area contributed by atoms with Crippen molar-refractivity contribution >= 4 is 15.9 Å². The average molecular weight is 313 g/mol. The molecule has 0 saturated carbocycles. The third-order valence-electron chi connectivity index (χ3n) is 2.87. The van der Waals surface area contributed by atoms with E-state index in [9.17, 15) is 9.50 Å². The molecular weight excluding hydrogens is 299 g/mol. The molecule has 0 amide bonds. The second-order valence-electron chi connectivity index (χ2n) is 4.54. The maximum atomic E-state index is 12.8. The topological polar surface area (TPSA) is 38.0 Å². The summed E-state index contributed by atoms with van der Waals surface area (Å²) in [7, 11) is 1.78. The van der Waals surface area contributed by atoms with Crippen molar-refractivity contribution in [1.82, 2.24) is 9.78 Å². The van der Waals surface area contributed by atoms with Gasteiger partial charge in [0.15, 0.2) is 0 Å². The predicted octanol–water partition coefficient (Wildman–Crippen LogP) is 2.77. The Morgan fingerprint density at radius 3 is 2.50 bits per heavy atom. The van der Waals surface area contributed by atoms with E-state index in [0.29, 0.717) is 12.1 Å². The maximum Gasteiger partial charge on any atom is 0.123 e. The Morgan fingerprint density at radius 2 is 2.00 bits per heavy atom. The molecule has 1 heterocycles. The van der Waals surface area contributed by atoms with Crippen LogP contribution in [0, 0.1) is 5.82 Å². The van der Waals surface area contributed by atoms with Crippen LogP contribution in [-0.4, -0.2) is 14.9 Å². The van der Waals surface area contributed by atoms with Gasteiger partial charge in [-0.05, 0) is 40.5 Å². The van der Waals surface area contributed by atoms with Crippen LogP contribution < -0.4 is 0 Å². The van der Waals surface area contributed by atoms with Crippen molar-refractivity contribution < 1.29 is 9.50 Å². The smallest absolute Gasteiger partial charge is 0.123 e. The molecule has 2 rings (SSSR count). The monoisotopic (exact) mass is 312 g/mol. The van der Waals surface area contributed by atoms with Crippen LogP contribution in [0.3, 0.4) is 0 Å². The lowest BCUT2D eigenvalue weighted by Gasteiger charge is -2.24. The summed E-state index contributed by atoms with van der Waals surface area (Å²) in [5.41, 5.74) is 0.503. The van der Waals surface area contributed by atoms with Crippen LogP contribution in [0.25, 0.3) is 0 Å². The number of aromatic nitrogens is 2. The minimum absolute atomic E-state index is 0.278. The average Bonchev–Trinajstić information content (AvgIpc) is 2.62. The summed E-state index contributed by atoms with van der Waals surface area (Å²) in [6.45, 7) is 1.72. The zero-order valence-electron chi connectivity index (χ0n) is 10.2. The molecule has 0 aliphatic rings. The molecular formula is C13H14BrFN2O. The number of benzene rings is 1. The van der Waals surface area contributed by atoms with E-state index in [1.807, 2.05) is 0 Å². The minimum atomic E-state index is -1.07. The molecule has 1 aromatic carbocycles. The number of aliphatic hydroxyl groups is 1. The zero-order chi connectivity index (χ0) is 13.3. The van der Waals surface area contributed by atoms with Gasteiger partial charge < -0.3 is 5.11 Å². The summed E-state index contributed by atoms with van der Waals surface area (Å²) in [6, 6.07) is 6.13. The summed E-state index contributed by atoms with van der Waals surface area (Å²) in [5, 5.41) is 14.7. The highest BCUT2D eigenvalue weighted by Gasteiger charge is 2.29. The third-order valence-corrected chi connectivity index (χ3v) is 3.45. The highest BCUT2D eigenvalue weighted by atomic mass is 79.9. The van der Waals surface area contributed by atoms with E-state index in [0.717, 1.165) is 10.0 Å². The standard InChI is InChI=1S/C13H14BrFN2O/c1-13(18,12-11(14)8-16-17(12)2)7-9-3-5-10(15)6-4-9/h3-6,8,18H,7H2,1-2H3. The van der Waals surface area contributed by atoms with Crippen LogP contribution in [0.5, 0.6) is 0 Å². The highest BCUT2D eigenvalue weighted by Crippen LogP contribution is 2.30. The summed E-state index contributed by atoms with van der Waals surface area (Å²) < 4.78 is 15.2. The lowest BCUT2D eigenvalue weighted by molar-refractivity contribution is 0.0482. The fraction of sp³-hybridized carbons (Fsp3) is 0.308. The van der Waals surface area contributed by atoms with Crippen molar-refractivity contribution in [2.24, 2.45) is 7.05 Å². The SMILES string of the molecule is Cn1ncc(Br)c1C(C)(O)Cc1ccc(F)cc1. The van der Waals surface area contributed by atoms with Crippen molar-refractivity contribution in [3.8, 4) is 0 Å². The molecule has 0 bridgehead atoms. The van der Waals surface area contributed by atoms with Gasteiger partial charge in [-0.2, -0.15) is 5.10 Å². The van der Waals surface area contributed by atoms with Crippen LogP contribution in [-0.2, 0) is 19.1 Å². The third kappa shape index (κ3) is 2.62. The molecule has 0 spiro atoms. The molecule has 0 aliphatic carbocycles. The van der Waals surface area contributed by atoms with Crippen molar-refractivity contribution in [3.63, 3.8) is 0 Å². The molecule has 2 aromatic rings. The van der Waals surface area contributed by atoms with Crippen LogP contribution >= 0.6 is 15.9 Å². The van der Waals surface area contributed by atoms with Gasteiger partial charge in [-0.3, -0.25) is 4.68 Å². The molecule has 1 N–H and O–H groups in total. The zero-order valence-corrected chi connectivity index (χ0v) is 11.8. The normalized spacial score (nSPS) is 14.5. The van der Waals surface area contributed by atoms with Gasteiger partial charge in [-0.15, -0.1) is 0 Å². The molecule has 18 heavy (non-hydrogen) atoms. The summed E-state index contributed by atoms with van der Waals surface area (Å²) in [5.74, 6) is -0.278. The summed E-state index contributed by atoms with van der Waals surface area (Å²) in [6.07, 6.45) is 2.04. The van der Waals surface area contributed by atoms with Crippen LogP contribution in [0.15, 0.2) is 34.9 Å². The first-order valence-electron chi connectivity index (χ1n) is 5.55. The van der Waals surface area contributed by atoms with Gasteiger partial charge in [-0.1, -0.05) is 12.1 Å². The van der Waals surface area contributed by atoms with Crippen molar-refractivity contribution in [2.45, 2.75) is 18.9 Å². The molecule has 0 fully saturated rings. The second-order valence-corrected chi connectivity index (χ2v) is 5.40. The summed E-state index contributed by atoms with van der Waals surface area (Å²) in [4.78, 5) is 0. The first-order chi connectivity index (χ1) is 8.40. The van der Waals surface area contributed by atoms with E-state index in [1.54, 1.807) is 37.0 Å². The van der Waals surface area contributed by atoms with Crippen LogP contribution in [0.2, 0.25) is 0 Å². The Balaban J connectivity index is 2.29. The largest absolute Gasteiger partial charge is 0.383 e. The molecule has 0 aliphatic heterocycles. The Morgan fingerprint density at radius 1 is 1.39 bits per heavy atom. The van der Waals surface area contributed by atoms with Crippen LogP contribution in [0.4, 0.5) is 4.39 Å². The molecule has 5 heteroatoms. The minimum Gasteiger partial charge on any atom is -0.383 e. The fourth-order valence-corrected chi connectivity index (χ4v) is 2.88. The van der Waals surface area contributed by atoms with Crippen molar-refractivity contribution in [1.29, 1.82) is 0 Å². The predicted molar refractivity (Wildman–Crippen MR) is 70.6 cm³/mol. The van der Waals surface area contributed by atoms with Gasteiger partial charge in [0.1, 0.15) is 11.4 Å². The van der Waals surface area contributed by atoms with E-state index in [-0.39, 0.29) is 5.82 Å².